The van der Waals surface area contributed by atoms with Crippen LogP contribution >= 0.6 is 0 Å². The Kier molecular flexibility index (Phi) is 2.90. The van der Waals surface area contributed by atoms with E-state index in [0.29, 0.717) is 11.5 Å². The van der Waals surface area contributed by atoms with Crippen LogP contribution in [0.5, 0.6) is 0 Å². The Morgan fingerprint density at radius 1 is 1.53 bits per heavy atom. The minimum absolute atomic E-state index is 0.0700. The monoisotopic (exact) mass is 237 g/mol. The van der Waals surface area contributed by atoms with Crippen LogP contribution < -0.4 is 4.90 Å². The van der Waals surface area contributed by atoms with Gasteiger partial charge < -0.3 is 9.84 Å². The van der Waals surface area contributed by atoms with Crippen LogP contribution in [0.1, 0.15) is 5.82 Å². The summed E-state index contributed by atoms with van der Waals surface area (Å²) < 4.78 is 4.80. The zero-order valence-electron chi connectivity index (χ0n) is 9.16. The van der Waals surface area contributed by atoms with Gasteiger partial charge in [0, 0.05) is 6.54 Å². The van der Waals surface area contributed by atoms with Crippen LogP contribution in [0.2, 0.25) is 0 Å². The van der Waals surface area contributed by atoms with E-state index in [1.807, 2.05) is 0 Å². The van der Waals surface area contributed by atoms with Gasteiger partial charge in [-0.05, 0) is 6.92 Å². The number of aliphatic carboxylic acids is 1. The molecule has 1 aromatic rings. The predicted octanol–water partition coefficient (Wildman–Crippen LogP) is 0.442. The van der Waals surface area contributed by atoms with E-state index >= 15 is 0 Å². The number of aryl methyl sites for hydroxylation is 1. The number of hydrogen-bond donors (Lipinski definition) is 1. The van der Waals surface area contributed by atoms with Crippen molar-refractivity contribution in [3.8, 4) is 0 Å². The van der Waals surface area contributed by atoms with Crippen molar-refractivity contribution in [2.45, 2.75) is 6.92 Å². The standard InChI is InChI=1S/C10H11N3O4/c1-6-11-2-8(3-12-6)13-4-7(9(14)15)5-17-10(13)16/h2-3,7H,4-5H2,1H3,(H,14,15). The average Bonchev–Trinajstić information content (AvgIpc) is 2.31. The topological polar surface area (TPSA) is 92.6 Å². The quantitative estimate of drug-likeness (QED) is 0.802. The van der Waals surface area contributed by atoms with Crippen molar-refractivity contribution < 1.29 is 19.4 Å². The number of hydrogen-bond acceptors (Lipinski definition) is 5. The number of carbonyl (C=O) groups excluding carboxylic acids is 1. The molecule has 1 aromatic heterocycles. The van der Waals surface area contributed by atoms with Crippen molar-refractivity contribution in [3.05, 3.63) is 18.2 Å². The predicted molar refractivity (Wildman–Crippen MR) is 56.6 cm³/mol. The fourth-order valence-corrected chi connectivity index (χ4v) is 1.48. The van der Waals surface area contributed by atoms with Gasteiger partial charge in [-0.1, -0.05) is 0 Å². The Hall–Kier alpha value is -2.18. The number of carboxylic acids is 1. The molecule has 0 radical (unpaired) electrons. The molecule has 1 N–H and O–H groups in total. The number of rotatable bonds is 2. The average molecular weight is 237 g/mol. The van der Waals surface area contributed by atoms with Gasteiger partial charge >= 0.3 is 12.1 Å². The van der Waals surface area contributed by atoms with Crippen LogP contribution in [0.15, 0.2) is 12.4 Å². The summed E-state index contributed by atoms with van der Waals surface area (Å²) in [6, 6.07) is 0. The second-order valence-electron chi connectivity index (χ2n) is 3.71. The molecule has 1 aliphatic heterocycles. The van der Waals surface area contributed by atoms with Crippen molar-refractivity contribution in [2.24, 2.45) is 5.92 Å². The highest BCUT2D eigenvalue weighted by molar-refractivity contribution is 5.89. The number of anilines is 1. The number of aromatic nitrogens is 2. The largest absolute Gasteiger partial charge is 0.481 e. The molecule has 1 aliphatic rings. The molecular weight excluding hydrogens is 226 g/mol. The van der Waals surface area contributed by atoms with Crippen LogP contribution in [-0.4, -0.2) is 40.3 Å². The summed E-state index contributed by atoms with van der Waals surface area (Å²) in [6.07, 6.45) is 2.36. The second-order valence-corrected chi connectivity index (χ2v) is 3.71. The summed E-state index contributed by atoms with van der Waals surface area (Å²) in [4.78, 5) is 31.5. The summed E-state index contributed by atoms with van der Waals surface area (Å²) in [5.74, 6) is -1.14. The van der Waals surface area contributed by atoms with Crippen molar-refractivity contribution in [1.82, 2.24) is 9.97 Å². The van der Waals surface area contributed by atoms with Gasteiger partial charge in [-0.15, -0.1) is 0 Å². The molecule has 1 amide bonds. The zero-order chi connectivity index (χ0) is 12.4. The molecule has 0 bridgehead atoms. The summed E-state index contributed by atoms with van der Waals surface area (Å²) in [7, 11) is 0. The van der Waals surface area contributed by atoms with E-state index in [0.717, 1.165) is 0 Å². The maximum Gasteiger partial charge on any atom is 0.414 e. The SMILES string of the molecule is Cc1ncc(N2CC(C(=O)O)COC2=O)cn1. The molecule has 1 saturated heterocycles. The van der Waals surface area contributed by atoms with Crippen LogP contribution in [0.25, 0.3) is 0 Å². The van der Waals surface area contributed by atoms with Gasteiger partial charge in [-0.25, -0.2) is 14.8 Å². The lowest BCUT2D eigenvalue weighted by molar-refractivity contribution is -0.143. The lowest BCUT2D eigenvalue weighted by Crippen LogP contribution is -2.46. The Morgan fingerprint density at radius 2 is 2.18 bits per heavy atom. The number of ether oxygens (including phenoxy) is 1. The fraction of sp³-hybridized carbons (Fsp3) is 0.400. The third-order valence-corrected chi connectivity index (χ3v) is 2.46. The van der Waals surface area contributed by atoms with Gasteiger partial charge in [0.25, 0.3) is 0 Å². The van der Waals surface area contributed by atoms with Crippen LogP contribution in [0, 0.1) is 12.8 Å². The summed E-state index contributed by atoms with van der Waals surface area (Å²) >= 11 is 0. The Morgan fingerprint density at radius 3 is 2.76 bits per heavy atom. The van der Waals surface area contributed by atoms with E-state index < -0.39 is 18.0 Å². The molecule has 0 aromatic carbocycles. The first-order valence-corrected chi connectivity index (χ1v) is 5.03. The molecule has 1 atom stereocenters. The number of carboxylic acid groups (broad SMARTS) is 1. The van der Waals surface area contributed by atoms with Gasteiger partial charge in [0.2, 0.25) is 0 Å². The van der Waals surface area contributed by atoms with E-state index in [1.165, 1.54) is 17.3 Å². The summed E-state index contributed by atoms with van der Waals surface area (Å²) in [6.45, 7) is 1.69. The van der Waals surface area contributed by atoms with E-state index in [2.05, 4.69) is 9.97 Å². The fourth-order valence-electron chi connectivity index (χ4n) is 1.48. The van der Waals surface area contributed by atoms with Crippen LogP contribution in [0.4, 0.5) is 10.5 Å². The number of nitrogens with zero attached hydrogens (tertiary/aromatic N) is 3. The molecule has 17 heavy (non-hydrogen) atoms. The molecule has 0 saturated carbocycles. The van der Waals surface area contributed by atoms with Gasteiger partial charge in [-0.2, -0.15) is 0 Å². The molecule has 7 nitrogen and oxygen atoms in total. The normalized spacial score (nSPS) is 19.9. The number of carbonyl (C=O) groups is 2. The van der Waals surface area contributed by atoms with E-state index in [4.69, 9.17) is 9.84 Å². The highest BCUT2D eigenvalue weighted by Gasteiger charge is 2.32. The minimum atomic E-state index is -0.990. The third-order valence-electron chi connectivity index (χ3n) is 2.46. The Balaban J connectivity index is 2.20. The summed E-state index contributed by atoms with van der Waals surface area (Å²) in [5, 5.41) is 8.88. The molecule has 1 fully saturated rings. The first-order valence-electron chi connectivity index (χ1n) is 5.03. The van der Waals surface area contributed by atoms with Gasteiger partial charge in [-0.3, -0.25) is 9.69 Å². The van der Waals surface area contributed by atoms with Crippen LogP contribution in [-0.2, 0) is 9.53 Å². The first kappa shape index (κ1) is 11.3. The van der Waals surface area contributed by atoms with E-state index in [-0.39, 0.29) is 13.2 Å². The first-order chi connectivity index (χ1) is 8.08. The summed E-state index contributed by atoms with van der Waals surface area (Å²) in [5.41, 5.74) is 0.437. The number of amides is 1. The van der Waals surface area contributed by atoms with Crippen molar-refractivity contribution in [3.63, 3.8) is 0 Å². The van der Waals surface area contributed by atoms with Crippen LogP contribution in [0.3, 0.4) is 0 Å². The van der Waals surface area contributed by atoms with Crippen molar-refractivity contribution in [1.29, 1.82) is 0 Å². The van der Waals surface area contributed by atoms with E-state index in [9.17, 15) is 9.59 Å². The molecule has 0 spiro atoms. The molecule has 2 heterocycles. The minimum Gasteiger partial charge on any atom is -0.481 e. The van der Waals surface area contributed by atoms with E-state index in [1.54, 1.807) is 6.92 Å². The van der Waals surface area contributed by atoms with Crippen molar-refractivity contribution in [2.75, 3.05) is 18.1 Å². The number of cyclic esters (lactones) is 1. The highest BCUT2D eigenvalue weighted by atomic mass is 16.6. The molecule has 1 unspecified atom stereocenters. The zero-order valence-corrected chi connectivity index (χ0v) is 9.16. The Bertz CT molecular complexity index is 445. The van der Waals surface area contributed by atoms with Gasteiger partial charge in [0.05, 0.1) is 18.1 Å². The lowest BCUT2D eigenvalue weighted by atomic mass is 10.1. The molecule has 90 valence electrons. The van der Waals surface area contributed by atoms with Gasteiger partial charge in [0.15, 0.2) is 0 Å². The lowest BCUT2D eigenvalue weighted by Gasteiger charge is -2.29. The molecule has 0 aliphatic carbocycles. The Labute approximate surface area is 97.0 Å². The second kappa shape index (κ2) is 4.36. The smallest absolute Gasteiger partial charge is 0.414 e. The third kappa shape index (κ3) is 2.32. The molecular formula is C10H11N3O4. The maximum atomic E-state index is 11.5. The molecule has 2 rings (SSSR count). The van der Waals surface area contributed by atoms with Crippen molar-refractivity contribution >= 4 is 17.7 Å². The highest BCUT2D eigenvalue weighted by Crippen LogP contribution is 2.19. The van der Waals surface area contributed by atoms with Gasteiger partial charge in [0.1, 0.15) is 18.3 Å². The molecule has 7 heteroatoms. The maximum absolute atomic E-state index is 11.5.